The lowest BCUT2D eigenvalue weighted by Crippen LogP contribution is -2.38. The van der Waals surface area contributed by atoms with Crippen LogP contribution in [0.15, 0.2) is 0 Å². The average Bonchev–Trinajstić information content (AvgIpc) is 2.48. The molecule has 1 aromatic rings. The molecule has 0 aliphatic rings. The molecule has 0 aromatic carbocycles. The summed E-state index contributed by atoms with van der Waals surface area (Å²) in [6, 6.07) is 2.06. The lowest BCUT2D eigenvalue weighted by Gasteiger charge is -2.23. The number of aryl methyl sites for hydroxylation is 2. The second-order valence-electron chi connectivity index (χ2n) is 4.93. The van der Waals surface area contributed by atoms with Crippen LogP contribution in [0.2, 0.25) is 0 Å². The lowest BCUT2D eigenvalue weighted by atomic mass is 10.2. The number of hydrogen-bond acceptors (Lipinski definition) is 5. The van der Waals surface area contributed by atoms with Crippen molar-refractivity contribution in [3.8, 4) is 6.07 Å². The van der Waals surface area contributed by atoms with Gasteiger partial charge in [-0.2, -0.15) is 10.4 Å². The quantitative estimate of drug-likeness (QED) is 0.875. The smallest absolute Gasteiger partial charge is 0.154 e. The van der Waals surface area contributed by atoms with Gasteiger partial charge in [-0.05, 0) is 20.8 Å². The summed E-state index contributed by atoms with van der Waals surface area (Å²) in [7, 11) is -1.46. The van der Waals surface area contributed by atoms with Crippen molar-refractivity contribution < 1.29 is 8.42 Å². The molecular weight excluding hydrogens is 252 g/mol. The highest BCUT2D eigenvalue weighted by molar-refractivity contribution is 7.92. The van der Waals surface area contributed by atoms with E-state index in [1.807, 2.05) is 0 Å². The highest BCUT2D eigenvalue weighted by atomic mass is 32.2. The molecule has 0 atom stereocenters. The Bertz CT molecular complexity index is 593. The van der Waals surface area contributed by atoms with Gasteiger partial charge < -0.3 is 5.32 Å². The van der Waals surface area contributed by atoms with Gasteiger partial charge in [0.1, 0.15) is 17.5 Å². The van der Waals surface area contributed by atoms with Crippen molar-refractivity contribution >= 4 is 15.7 Å². The van der Waals surface area contributed by atoms with E-state index in [1.165, 1.54) is 6.26 Å². The van der Waals surface area contributed by atoms with Crippen molar-refractivity contribution in [2.45, 2.75) is 25.5 Å². The van der Waals surface area contributed by atoms with Crippen molar-refractivity contribution in [3.63, 3.8) is 0 Å². The first kappa shape index (κ1) is 14.5. The summed E-state index contributed by atoms with van der Waals surface area (Å²) in [6.07, 6.45) is 1.20. The van der Waals surface area contributed by atoms with Gasteiger partial charge in [-0.15, -0.1) is 0 Å². The summed E-state index contributed by atoms with van der Waals surface area (Å²) >= 11 is 0. The van der Waals surface area contributed by atoms with Gasteiger partial charge in [0.2, 0.25) is 0 Å². The maximum absolute atomic E-state index is 11.6. The van der Waals surface area contributed by atoms with Crippen LogP contribution >= 0.6 is 0 Å². The molecule has 0 saturated carbocycles. The Hall–Kier alpha value is -1.55. The Morgan fingerprint density at radius 1 is 1.50 bits per heavy atom. The predicted octanol–water partition coefficient (Wildman–Crippen LogP) is 0.835. The first-order chi connectivity index (χ1) is 8.10. The molecule has 100 valence electrons. The molecule has 1 rings (SSSR count). The fourth-order valence-corrected chi connectivity index (χ4v) is 1.76. The molecule has 0 fully saturated rings. The molecule has 7 heteroatoms. The maximum Gasteiger partial charge on any atom is 0.154 e. The van der Waals surface area contributed by atoms with Crippen LogP contribution in [0, 0.1) is 18.3 Å². The zero-order valence-corrected chi connectivity index (χ0v) is 12.1. The molecule has 0 amide bonds. The molecule has 1 heterocycles. The number of hydrogen-bond donors (Lipinski definition) is 1. The molecule has 18 heavy (non-hydrogen) atoms. The molecule has 0 radical (unpaired) electrons. The number of nitrogens with one attached hydrogen (secondary N) is 1. The lowest BCUT2D eigenvalue weighted by molar-refractivity contribution is 0.559. The minimum atomic E-state index is -3.17. The Kier molecular flexibility index (Phi) is 3.72. The fraction of sp³-hybridized carbons (Fsp3) is 0.636. The SMILES string of the molecule is Cc1nn(C)c(NCC(C)(C)S(C)(=O)=O)c1C#N. The molecule has 0 saturated heterocycles. The summed E-state index contributed by atoms with van der Waals surface area (Å²) in [5.74, 6) is 0.548. The number of rotatable bonds is 4. The van der Waals surface area contributed by atoms with E-state index < -0.39 is 14.6 Å². The summed E-state index contributed by atoms with van der Waals surface area (Å²) in [5.41, 5.74) is 1.07. The van der Waals surface area contributed by atoms with Crippen molar-refractivity contribution in [2.75, 3.05) is 18.1 Å². The van der Waals surface area contributed by atoms with Crippen molar-refractivity contribution in [1.82, 2.24) is 9.78 Å². The van der Waals surface area contributed by atoms with E-state index in [1.54, 1.807) is 32.5 Å². The van der Waals surface area contributed by atoms with E-state index in [0.29, 0.717) is 17.1 Å². The highest BCUT2D eigenvalue weighted by Crippen LogP contribution is 2.20. The molecule has 0 spiro atoms. The van der Waals surface area contributed by atoms with Crippen LogP contribution in [0.25, 0.3) is 0 Å². The minimum Gasteiger partial charge on any atom is -0.368 e. The summed E-state index contributed by atoms with van der Waals surface area (Å²) in [6.45, 7) is 5.25. The molecule has 1 N–H and O–H groups in total. The van der Waals surface area contributed by atoms with Gasteiger partial charge in [0.15, 0.2) is 9.84 Å². The second-order valence-corrected chi connectivity index (χ2v) is 7.58. The Morgan fingerprint density at radius 2 is 2.06 bits per heavy atom. The Labute approximate surface area is 108 Å². The summed E-state index contributed by atoms with van der Waals surface area (Å²) < 4.78 is 23.8. The van der Waals surface area contributed by atoms with E-state index in [-0.39, 0.29) is 6.54 Å². The standard InChI is InChI=1S/C11H18N4O2S/c1-8-9(6-12)10(15(4)14-8)13-7-11(2,3)18(5,16)17/h13H,7H2,1-5H3. The second kappa shape index (κ2) is 4.61. The summed E-state index contributed by atoms with van der Waals surface area (Å²) in [5, 5.41) is 16.2. The van der Waals surface area contributed by atoms with Crippen LogP contribution in [0.4, 0.5) is 5.82 Å². The third-order valence-electron chi connectivity index (χ3n) is 3.02. The molecule has 0 aliphatic heterocycles. The van der Waals surface area contributed by atoms with Gasteiger partial charge in [-0.3, -0.25) is 4.68 Å². The van der Waals surface area contributed by atoms with Crippen molar-refractivity contribution in [1.29, 1.82) is 5.26 Å². The van der Waals surface area contributed by atoms with Crippen LogP contribution in [0.5, 0.6) is 0 Å². The van der Waals surface area contributed by atoms with E-state index in [4.69, 9.17) is 5.26 Å². The first-order valence-corrected chi connectivity index (χ1v) is 7.36. The van der Waals surface area contributed by atoms with Crippen molar-refractivity contribution in [2.24, 2.45) is 7.05 Å². The van der Waals surface area contributed by atoms with E-state index >= 15 is 0 Å². The third kappa shape index (κ3) is 2.64. The molecule has 1 aromatic heterocycles. The van der Waals surface area contributed by atoms with E-state index in [0.717, 1.165) is 0 Å². The predicted molar refractivity (Wildman–Crippen MR) is 70.1 cm³/mol. The van der Waals surface area contributed by atoms with Gasteiger partial charge in [-0.1, -0.05) is 0 Å². The number of sulfone groups is 1. The Balaban J connectivity index is 2.99. The van der Waals surface area contributed by atoms with Crippen LogP contribution in [0.3, 0.4) is 0 Å². The normalized spacial score (nSPS) is 12.2. The Morgan fingerprint density at radius 3 is 2.50 bits per heavy atom. The van der Waals surface area contributed by atoms with Crippen LogP contribution in [0.1, 0.15) is 25.1 Å². The summed E-state index contributed by atoms with van der Waals surface area (Å²) in [4.78, 5) is 0. The van der Waals surface area contributed by atoms with Gasteiger partial charge >= 0.3 is 0 Å². The minimum absolute atomic E-state index is 0.222. The van der Waals surface area contributed by atoms with Gasteiger partial charge in [0.25, 0.3) is 0 Å². The van der Waals surface area contributed by atoms with E-state index in [2.05, 4.69) is 16.5 Å². The zero-order chi connectivity index (χ0) is 14.1. The molecule has 0 unspecified atom stereocenters. The average molecular weight is 270 g/mol. The largest absolute Gasteiger partial charge is 0.368 e. The van der Waals surface area contributed by atoms with Crippen molar-refractivity contribution in [3.05, 3.63) is 11.3 Å². The number of nitriles is 1. The highest BCUT2D eigenvalue weighted by Gasteiger charge is 2.30. The van der Waals surface area contributed by atoms with Gasteiger partial charge in [0.05, 0.1) is 10.4 Å². The monoisotopic (exact) mass is 270 g/mol. The number of aromatic nitrogens is 2. The number of anilines is 1. The number of nitrogens with zero attached hydrogens (tertiary/aromatic N) is 3. The maximum atomic E-state index is 11.6. The van der Waals surface area contributed by atoms with Gasteiger partial charge in [0, 0.05) is 19.8 Å². The van der Waals surface area contributed by atoms with Crippen LogP contribution in [-0.2, 0) is 16.9 Å². The molecule has 6 nitrogen and oxygen atoms in total. The fourth-order valence-electron chi connectivity index (χ4n) is 1.42. The van der Waals surface area contributed by atoms with Crippen LogP contribution in [-0.4, -0.2) is 35.7 Å². The molecule has 0 bridgehead atoms. The van der Waals surface area contributed by atoms with Gasteiger partial charge in [-0.25, -0.2) is 8.42 Å². The zero-order valence-electron chi connectivity index (χ0n) is 11.3. The first-order valence-electron chi connectivity index (χ1n) is 5.47. The molecule has 0 aliphatic carbocycles. The van der Waals surface area contributed by atoms with Crippen LogP contribution < -0.4 is 5.32 Å². The topological polar surface area (TPSA) is 87.8 Å². The molecular formula is C11H18N4O2S. The third-order valence-corrected chi connectivity index (χ3v) is 5.17. The van der Waals surface area contributed by atoms with E-state index in [9.17, 15) is 8.42 Å².